The van der Waals surface area contributed by atoms with E-state index in [0.29, 0.717) is 11.1 Å². The Morgan fingerprint density at radius 3 is 0.643 bits per heavy atom. The van der Waals surface area contributed by atoms with Crippen molar-refractivity contribution in [3.63, 3.8) is 0 Å². The van der Waals surface area contributed by atoms with Crippen LogP contribution in [0, 0.1) is 10.4 Å². The second-order valence-electron chi connectivity index (χ2n) is 17.6. The molecule has 0 aromatic heterocycles. The molecule has 12 N–H and O–H groups in total. The number of hydrogen-bond donors (Lipinski definition) is 6. The molecular formula is C36H64Cu2N4O14. The molecule has 2 radical (unpaired) electrons. The van der Waals surface area contributed by atoms with Crippen molar-refractivity contribution < 1.29 is 95.1 Å². The molecule has 18 nitrogen and oxygen atoms in total. The third kappa shape index (κ3) is 11.8. The summed E-state index contributed by atoms with van der Waals surface area (Å²) in [5.41, 5.74) is -4.52. The van der Waals surface area contributed by atoms with Gasteiger partial charge in [-0.3, -0.25) is 0 Å². The van der Waals surface area contributed by atoms with Crippen LogP contribution in [0.15, 0.2) is 46.6 Å². The zero-order valence-electron chi connectivity index (χ0n) is 34.9. The number of hydrogen-bond acceptors (Lipinski definition) is 10. The number of carboxylic acid groups (broad SMARTS) is 4. The van der Waals surface area contributed by atoms with E-state index in [1.54, 1.807) is 135 Å². The molecule has 0 bridgehead atoms. The Balaban J connectivity index is -0.000000314. The van der Waals surface area contributed by atoms with Gasteiger partial charge in [0.1, 0.15) is 22.3 Å². The summed E-state index contributed by atoms with van der Waals surface area (Å²) in [5.74, 6) is -2.99. The summed E-state index contributed by atoms with van der Waals surface area (Å²) in [6, 6.07) is 0. The van der Waals surface area contributed by atoms with Crippen LogP contribution in [0.5, 0.6) is 0 Å². The summed E-state index contributed by atoms with van der Waals surface area (Å²) >= 11 is 0. The van der Waals surface area contributed by atoms with E-state index in [9.17, 15) is 20.8 Å². The van der Waals surface area contributed by atoms with Gasteiger partial charge in [0.2, 0.25) is 0 Å². The van der Waals surface area contributed by atoms with Crippen molar-refractivity contribution >= 4 is 23.9 Å². The van der Waals surface area contributed by atoms with Crippen molar-refractivity contribution in [1.82, 2.24) is 20.3 Å². The van der Waals surface area contributed by atoms with Crippen LogP contribution in [-0.4, -0.2) is 149 Å². The van der Waals surface area contributed by atoms with Gasteiger partial charge in [0.25, 0.3) is 0 Å². The van der Waals surface area contributed by atoms with E-state index in [1.807, 2.05) is 0 Å². The molecule has 4 aliphatic rings. The van der Waals surface area contributed by atoms with Gasteiger partial charge >= 0.3 is 23.9 Å². The minimum absolute atomic E-state index is 0. The average molecular weight is 904 g/mol. The predicted molar refractivity (Wildman–Crippen MR) is 205 cm³/mol. The van der Waals surface area contributed by atoms with Crippen molar-refractivity contribution in [3.05, 3.63) is 57.0 Å². The summed E-state index contributed by atoms with van der Waals surface area (Å²) in [6.07, 6.45) is 6.44. The predicted octanol–water partition coefficient (Wildman–Crippen LogP) is 4.80. The van der Waals surface area contributed by atoms with Crippen LogP contribution in [0.4, 0.5) is 0 Å². The third-order valence-electron chi connectivity index (χ3n) is 9.80. The molecule has 20 heteroatoms. The summed E-state index contributed by atoms with van der Waals surface area (Å²) in [7, 11) is 0. The molecule has 0 spiro atoms. The maximum Gasteiger partial charge on any atom is 0.512 e. The number of nitrogens with zero attached hydrogens (tertiary/aromatic N) is 4. The standard InChI is InChI=1S/2C9H15NO3.2C9H14NO3.2Cu.2H2O/c4*1-8(2)5-6(7(11)12)9(3,4)10(8)13;;;;/h2*5,13H,1-4H3,(H,11,12);2*5H,1-4H3,(H,11,12);;;2*1H2/q;;2*-1;;;;/p+2. The van der Waals surface area contributed by atoms with Gasteiger partial charge in [-0.05, 0) is 135 Å². The first-order valence-corrected chi connectivity index (χ1v) is 16.7. The topological polar surface area (TPSA) is 326 Å². The number of carboxylic acids is 4. The quantitative estimate of drug-likeness (QED) is 0.163. The van der Waals surface area contributed by atoms with E-state index in [-0.39, 0.29) is 56.2 Å². The molecule has 0 aliphatic carbocycles. The summed E-state index contributed by atoms with van der Waals surface area (Å²) < 4.78 is 0. The third-order valence-corrected chi connectivity index (χ3v) is 9.80. The van der Waals surface area contributed by atoms with E-state index in [2.05, 4.69) is 0 Å². The van der Waals surface area contributed by atoms with Crippen molar-refractivity contribution in [2.24, 2.45) is 0 Å². The summed E-state index contributed by atoms with van der Waals surface area (Å²) in [6.45, 7) is 27.6. The van der Waals surface area contributed by atoms with Crippen molar-refractivity contribution in [2.75, 3.05) is 0 Å². The fourth-order valence-corrected chi connectivity index (χ4v) is 7.04. The van der Waals surface area contributed by atoms with Crippen molar-refractivity contribution in [3.8, 4) is 0 Å². The maximum absolute atomic E-state index is 11.7. The molecule has 4 heterocycles. The Hall–Kier alpha value is -2.52. The normalized spacial score (nSPS) is 23.9. The van der Waals surface area contributed by atoms with Crippen molar-refractivity contribution in [2.45, 2.75) is 155 Å². The van der Waals surface area contributed by atoms with Crippen LogP contribution in [0.3, 0.4) is 0 Å². The Labute approximate surface area is 350 Å². The number of rotatable bonds is 4. The van der Waals surface area contributed by atoms with Gasteiger partial charge in [-0.2, -0.15) is 10.1 Å². The first-order chi connectivity index (χ1) is 22.8. The SMILES string of the molecule is CC1(C)C=C(C(O)=[OH+])C(C)(C)N1O.CC1(C)C=C(C(O)=[OH+])C(C)(C)N1O.CC1(C)C=C(C(O)=[OH+])C(C)(C)N1[O-].CC1(C)C=C(C(O)=[OH+])C(C)(C)N1[O-].[Cu].[Cu].[OH-].[OH-]. The number of aliphatic carboxylic acids is 4. The molecule has 0 aromatic carbocycles. The smallest absolute Gasteiger partial charge is 0.512 e. The van der Waals surface area contributed by atoms with Crippen LogP contribution in [0.2, 0.25) is 0 Å². The zero-order chi connectivity index (χ0) is 41.8. The van der Waals surface area contributed by atoms with Gasteiger partial charge in [0.05, 0.1) is 22.2 Å². The first kappa shape index (κ1) is 60.2. The van der Waals surface area contributed by atoms with Gasteiger partial charge in [-0.25, -0.2) is 0 Å². The second-order valence-corrected chi connectivity index (χ2v) is 17.6. The van der Waals surface area contributed by atoms with Gasteiger partial charge in [-0.1, -0.05) is 0 Å². The fraction of sp³-hybridized carbons (Fsp3) is 0.667. The van der Waals surface area contributed by atoms with Gasteiger partial charge in [0, 0.05) is 56.3 Å². The Morgan fingerprint density at radius 1 is 0.411 bits per heavy atom. The van der Waals surface area contributed by atoms with Crippen LogP contribution in [0.1, 0.15) is 111 Å². The molecule has 0 unspecified atom stereocenters. The second kappa shape index (κ2) is 19.0. The minimum atomic E-state index is -0.873. The molecular weight excluding hydrogens is 840 g/mol. The van der Waals surface area contributed by atoms with E-state index in [4.69, 9.17) is 39.6 Å². The largest absolute Gasteiger partial charge is 0.870 e. The van der Waals surface area contributed by atoms with E-state index >= 15 is 0 Å². The van der Waals surface area contributed by atoms with Crippen molar-refractivity contribution in [1.29, 1.82) is 0 Å². The monoisotopic (exact) mass is 902 g/mol. The first-order valence-electron chi connectivity index (χ1n) is 16.7. The number of aliphatic hydroxyl groups excluding tert-OH is 4. The van der Waals surface area contributed by atoms with Crippen LogP contribution in [0.25, 0.3) is 0 Å². The molecule has 0 fully saturated rings. The molecule has 4 aliphatic heterocycles. The molecule has 334 valence electrons. The van der Waals surface area contributed by atoms with Crippen LogP contribution < -0.4 is 0 Å². The Bertz CT molecular complexity index is 1360. The molecule has 4 rings (SSSR count). The Morgan fingerprint density at radius 2 is 0.571 bits per heavy atom. The molecule has 56 heavy (non-hydrogen) atoms. The van der Waals surface area contributed by atoms with E-state index < -0.39 is 68.2 Å². The molecule has 0 aromatic rings. The van der Waals surface area contributed by atoms with Gasteiger partial charge in [-0.15, -0.1) is 0 Å². The molecule has 0 atom stereocenters. The van der Waals surface area contributed by atoms with E-state index in [1.165, 1.54) is 0 Å². The van der Waals surface area contributed by atoms with Gasteiger partial charge in [0.15, 0.2) is 0 Å². The van der Waals surface area contributed by atoms with Crippen LogP contribution >= 0.6 is 0 Å². The Kier molecular flexibility index (Phi) is 20.4. The molecule has 0 saturated carbocycles. The molecule has 0 saturated heterocycles. The zero-order valence-corrected chi connectivity index (χ0v) is 36.8. The maximum atomic E-state index is 11.7. The molecule has 0 amide bonds. The number of hydroxylamine groups is 8. The van der Waals surface area contributed by atoms with E-state index in [0.717, 1.165) is 20.3 Å². The minimum Gasteiger partial charge on any atom is -0.870 e. The summed E-state index contributed by atoms with van der Waals surface area (Å²) in [4.78, 5) is 36.0. The average Bonchev–Trinajstić information content (AvgIpc) is 3.41. The fourth-order valence-electron chi connectivity index (χ4n) is 7.04. The van der Waals surface area contributed by atoms with Crippen LogP contribution in [-0.2, 0) is 34.1 Å². The summed E-state index contributed by atoms with van der Waals surface area (Å²) in [5, 5.41) is 82.8. The van der Waals surface area contributed by atoms with Gasteiger partial charge < -0.3 is 81.5 Å².